The summed E-state index contributed by atoms with van der Waals surface area (Å²) in [5.41, 5.74) is 2.48. The molecule has 1 unspecified atom stereocenters. The van der Waals surface area contributed by atoms with Crippen molar-refractivity contribution in [1.82, 2.24) is 0 Å². The molecule has 1 heterocycles. The van der Waals surface area contributed by atoms with Gasteiger partial charge in [0.15, 0.2) is 5.71 Å². The summed E-state index contributed by atoms with van der Waals surface area (Å²) in [5, 5.41) is 0. The Hall–Kier alpha value is -1.84. The molecule has 0 fully saturated rings. The summed E-state index contributed by atoms with van der Waals surface area (Å²) < 4.78 is 9.89. The summed E-state index contributed by atoms with van der Waals surface area (Å²) in [5.74, 6) is 0.392. The highest BCUT2D eigenvalue weighted by molar-refractivity contribution is 6.44. The lowest BCUT2D eigenvalue weighted by molar-refractivity contribution is -0.132. The molecule has 1 atom stereocenters. The number of benzene rings is 1. The molecule has 1 aliphatic rings. The molecular weight excluding hydrogens is 206 g/mol. The van der Waals surface area contributed by atoms with Crippen LogP contribution in [0.1, 0.15) is 17.2 Å². The number of ether oxygens (including phenoxy) is 2. The van der Waals surface area contributed by atoms with E-state index < -0.39 is 0 Å². The molecule has 1 aliphatic heterocycles. The number of carbonyl (C=O) groups is 1. The molecule has 0 spiro atoms. The predicted molar refractivity (Wildman–Crippen MR) is 59.9 cm³/mol. The molecule has 0 saturated heterocycles. The first kappa shape index (κ1) is 10.7. The van der Waals surface area contributed by atoms with Crippen molar-refractivity contribution in [2.45, 2.75) is 13.0 Å². The molecular formula is C12H13NO3. The fourth-order valence-electron chi connectivity index (χ4n) is 1.75. The number of esters is 1. The van der Waals surface area contributed by atoms with E-state index in [1.54, 1.807) is 7.11 Å². The lowest BCUT2D eigenvalue weighted by Gasteiger charge is -2.09. The maximum absolute atomic E-state index is 11.3. The Morgan fingerprint density at radius 2 is 2.12 bits per heavy atom. The monoisotopic (exact) mass is 219 g/mol. The van der Waals surface area contributed by atoms with Crippen LogP contribution in [0.2, 0.25) is 0 Å². The lowest BCUT2D eigenvalue weighted by Crippen LogP contribution is -2.10. The largest absolute Gasteiger partial charge is 0.496 e. The number of methoxy groups -OCH3 is 2. The highest BCUT2D eigenvalue weighted by atomic mass is 16.5. The molecule has 0 radical (unpaired) electrons. The number of aliphatic imine (C=N–C) groups is 1. The SMILES string of the molecule is COC(=O)C1=NC1c1c(C)cccc1OC. The molecule has 84 valence electrons. The highest BCUT2D eigenvalue weighted by Gasteiger charge is 2.38. The first-order valence-corrected chi connectivity index (χ1v) is 4.98. The van der Waals surface area contributed by atoms with Crippen LogP contribution < -0.4 is 4.74 Å². The van der Waals surface area contributed by atoms with Crippen LogP contribution in [0.3, 0.4) is 0 Å². The van der Waals surface area contributed by atoms with Gasteiger partial charge in [-0.2, -0.15) is 0 Å². The second-order valence-corrected chi connectivity index (χ2v) is 3.60. The minimum Gasteiger partial charge on any atom is -0.496 e. The van der Waals surface area contributed by atoms with E-state index >= 15 is 0 Å². The van der Waals surface area contributed by atoms with Crippen molar-refractivity contribution >= 4 is 11.7 Å². The van der Waals surface area contributed by atoms with Crippen molar-refractivity contribution < 1.29 is 14.3 Å². The summed E-state index contributed by atoms with van der Waals surface area (Å²) in [6, 6.07) is 5.56. The van der Waals surface area contributed by atoms with Gasteiger partial charge >= 0.3 is 5.97 Å². The van der Waals surface area contributed by atoms with Crippen molar-refractivity contribution in [3.63, 3.8) is 0 Å². The first-order valence-electron chi connectivity index (χ1n) is 4.98. The third-order valence-corrected chi connectivity index (χ3v) is 2.63. The lowest BCUT2D eigenvalue weighted by atomic mass is 10.0. The molecule has 0 saturated carbocycles. The van der Waals surface area contributed by atoms with E-state index in [1.807, 2.05) is 25.1 Å². The average molecular weight is 219 g/mol. The van der Waals surface area contributed by atoms with E-state index in [0.717, 1.165) is 16.9 Å². The summed E-state index contributed by atoms with van der Waals surface area (Å²) >= 11 is 0. The summed E-state index contributed by atoms with van der Waals surface area (Å²) in [7, 11) is 2.97. The van der Waals surface area contributed by atoms with E-state index in [0.29, 0.717) is 5.71 Å². The standard InChI is InChI=1S/C12H13NO3/c1-7-5-4-6-8(15-2)9(7)10-11(13-10)12(14)16-3/h4-6,10H,1-3H3. The molecule has 1 aromatic rings. The van der Waals surface area contributed by atoms with Gasteiger partial charge in [0.2, 0.25) is 0 Å². The molecule has 0 aliphatic carbocycles. The molecule has 0 N–H and O–H groups in total. The van der Waals surface area contributed by atoms with Gasteiger partial charge in [0.05, 0.1) is 14.2 Å². The molecule has 1 aromatic carbocycles. The number of nitrogens with zero attached hydrogens (tertiary/aromatic N) is 1. The Bertz CT molecular complexity index is 465. The van der Waals surface area contributed by atoms with Gasteiger partial charge in [0.25, 0.3) is 0 Å². The zero-order valence-corrected chi connectivity index (χ0v) is 9.48. The minimum atomic E-state index is -0.365. The van der Waals surface area contributed by atoms with Crippen molar-refractivity contribution in [2.75, 3.05) is 14.2 Å². The Kier molecular flexibility index (Phi) is 2.64. The zero-order chi connectivity index (χ0) is 11.7. The van der Waals surface area contributed by atoms with E-state index in [9.17, 15) is 4.79 Å². The maximum Gasteiger partial charge on any atom is 0.354 e. The third-order valence-electron chi connectivity index (χ3n) is 2.63. The van der Waals surface area contributed by atoms with E-state index in [-0.39, 0.29) is 12.0 Å². The molecule has 0 aromatic heterocycles. The number of carbonyl (C=O) groups excluding carboxylic acids is 1. The molecule has 4 heteroatoms. The van der Waals surface area contributed by atoms with Crippen LogP contribution in [0.4, 0.5) is 0 Å². The maximum atomic E-state index is 11.3. The fourth-order valence-corrected chi connectivity index (χ4v) is 1.75. The van der Waals surface area contributed by atoms with Gasteiger partial charge in [0.1, 0.15) is 11.8 Å². The molecule has 16 heavy (non-hydrogen) atoms. The topological polar surface area (TPSA) is 47.9 Å². The molecule has 4 nitrogen and oxygen atoms in total. The van der Waals surface area contributed by atoms with E-state index in [2.05, 4.69) is 9.73 Å². The van der Waals surface area contributed by atoms with Crippen LogP contribution in [0.25, 0.3) is 0 Å². The first-order chi connectivity index (χ1) is 7.69. The van der Waals surface area contributed by atoms with Gasteiger partial charge in [-0.15, -0.1) is 0 Å². The van der Waals surface area contributed by atoms with Crippen LogP contribution in [-0.2, 0) is 9.53 Å². The third kappa shape index (κ3) is 1.66. The second kappa shape index (κ2) is 3.96. The van der Waals surface area contributed by atoms with Crippen LogP contribution in [-0.4, -0.2) is 25.9 Å². The van der Waals surface area contributed by atoms with Crippen LogP contribution in [0.5, 0.6) is 5.75 Å². The summed E-state index contributed by atoms with van der Waals surface area (Å²) in [4.78, 5) is 15.4. The van der Waals surface area contributed by atoms with Crippen molar-refractivity contribution in [1.29, 1.82) is 0 Å². The van der Waals surface area contributed by atoms with E-state index in [4.69, 9.17) is 4.74 Å². The minimum absolute atomic E-state index is 0.191. The van der Waals surface area contributed by atoms with E-state index in [1.165, 1.54) is 7.11 Å². The Morgan fingerprint density at radius 3 is 2.75 bits per heavy atom. The molecule has 0 bridgehead atoms. The fraction of sp³-hybridized carbons (Fsp3) is 0.333. The van der Waals surface area contributed by atoms with Gasteiger partial charge in [-0.05, 0) is 18.6 Å². The van der Waals surface area contributed by atoms with Crippen LogP contribution >= 0.6 is 0 Å². The Morgan fingerprint density at radius 1 is 1.38 bits per heavy atom. The molecule has 2 rings (SSSR count). The smallest absolute Gasteiger partial charge is 0.354 e. The van der Waals surface area contributed by atoms with Gasteiger partial charge < -0.3 is 9.47 Å². The van der Waals surface area contributed by atoms with Crippen LogP contribution in [0, 0.1) is 6.92 Å². The van der Waals surface area contributed by atoms with Gasteiger partial charge in [-0.1, -0.05) is 12.1 Å². The van der Waals surface area contributed by atoms with Crippen molar-refractivity contribution in [2.24, 2.45) is 4.99 Å². The number of hydrogen-bond donors (Lipinski definition) is 0. The predicted octanol–water partition coefficient (Wildman–Crippen LogP) is 1.67. The second-order valence-electron chi connectivity index (χ2n) is 3.60. The quantitative estimate of drug-likeness (QED) is 0.726. The van der Waals surface area contributed by atoms with Gasteiger partial charge in [-0.25, -0.2) is 4.79 Å². The number of aryl methyl sites for hydroxylation is 1. The normalized spacial score (nSPS) is 17.7. The summed E-state index contributed by atoms with van der Waals surface area (Å²) in [6.07, 6.45) is 0. The van der Waals surface area contributed by atoms with Crippen molar-refractivity contribution in [3.05, 3.63) is 29.3 Å². The van der Waals surface area contributed by atoms with Crippen molar-refractivity contribution in [3.8, 4) is 5.75 Å². The van der Waals surface area contributed by atoms with Crippen LogP contribution in [0.15, 0.2) is 23.2 Å². The number of hydrogen-bond acceptors (Lipinski definition) is 4. The van der Waals surface area contributed by atoms with Gasteiger partial charge in [0, 0.05) is 5.56 Å². The molecule has 0 amide bonds. The zero-order valence-electron chi connectivity index (χ0n) is 9.48. The average Bonchev–Trinajstić information content (AvgIpc) is 3.07. The van der Waals surface area contributed by atoms with Gasteiger partial charge in [-0.3, -0.25) is 4.99 Å². The Balaban J connectivity index is 2.27. The number of rotatable bonds is 3. The summed E-state index contributed by atoms with van der Waals surface area (Å²) in [6.45, 7) is 1.97. The highest BCUT2D eigenvalue weighted by Crippen LogP contribution is 2.39. The Labute approximate surface area is 93.9 Å².